The van der Waals surface area contributed by atoms with Gasteiger partial charge in [-0.05, 0) is 6.42 Å². The molecule has 0 aromatic heterocycles. The molecule has 2 atom stereocenters. The third-order valence-electron chi connectivity index (χ3n) is 1.48. The van der Waals surface area contributed by atoms with E-state index >= 15 is 0 Å². The summed E-state index contributed by atoms with van der Waals surface area (Å²) in [6, 6.07) is 0. The highest BCUT2D eigenvalue weighted by molar-refractivity contribution is 4.99. The Bertz CT molecular complexity index is 143. The van der Waals surface area contributed by atoms with Gasteiger partial charge < -0.3 is 20.1 Å². The Kier molecular flexibility index (Phi) is 2.13. The molecule has 1 heterocycles. The Morgan fingerprint density at radius 2 is 2.30 bits per heavy atom. The molecule has 4 nitrogen and oxygen atoms in total. The molecule has 1 saturated heterocycles. The Morgan fingerprint density at radius 1 is 1.60 bits per heavy atom. The standard InChI is InChI=1S/C6H10O4/c7-3-5(9)6-4(8)1-2-10-6/h3-4,6-9H,1-2H2. The fourth-order valence-corrected chi connectivity index (χ4v) is 0.934. The minimum absolute atomic E-state index is 0.315. The lowest BCUT2D eigenvalue weighted by atomic mass is 10.2. The van der Waals surface area contributed by atoms with E-state index in [2.05, 4.69) is 0 Å². The van der Waals surface area contributed by atoms with Crippen molar-refractivity contribution in [2.45, 2.75) is 18.6 Å². The molecule has 0 bridgehead atoms. The van der Waals surface area contributed by atoms with Crippen molar-refractivity contribution in [2.75, 3.05) is 6.61 Å². The van der Waals surface area contributed by atoms with Gasteiger partial charge in [-0.25, -0.2) is 0 Å². The van der Waals surface area contributed by atoms with Gasteiger partial charge in [0.25, 0.3) is 0 Å². The maximum atomic E-state index is 9.05. The lowest BCUT2D eigenvalue weighted by molar-refractivity contribution is 0.0365. The van der Waals surface area contributed by atoms with Crippen molar-refractivity contribution in [3.8, 4) is 0 Å². The van der Waals surface area contributed by atoms with E-state index in [0.29, 0.717) is 19.3 Å². The van der Waals surface area contributed by atoms with Crippen molar-refractivity contribution >= 4 is 0 Å². The van der Waals surface area contributed by atoms with Crippen LogP contribution in [-0.4, -0.2) is 34.1 Å². The van der Waals surface area contributed by atoms with Gasteiger partial charge in [0.2, 0.25) is 0 Å². The van der Waals surface area contributed by atoms with Gasteiger partial charge in [-0.15, -0.1) is 0 Å². The van der Waals surface area contributed by atoms with Crippen LogP contribution in [0.5, 0.6) is 0 Å². The summed E-state index contributed by atoms with van der Waals surface area (Å²) in [6.45, 7) is 0.420. The number of aliphatic hydroxyl groups is 3. The van der Waals surface area contributed by atoms with Crippen LogP contribution in [0.25, 0.3) is 0 Å². The maximum Gasteiger partial charge on any atom is 0.158 e. The van der Waals surface area contributed by atoms with Crippen LogP contribution in [0.4, 0.5) is 0 Å². The van der Waals surface area contributed by atoms with Gasteiger partial charge >= 0.3 is 0 Å². The molecule has 1 aliphatic heterocycles. The first-order valence-corrected chi connectivity index (χ1v) is 3.08. The fraction of sp³-hybridized carbons (Fsp3) is 0.667. The molecule has 0 aliphatic carbocycles. The Labute approximate surface area is 58.4 Å². The quantitative estimate of drug-likeness (QED) is 0.458. The highest BCUT2D eigenvalue weighted by Gasteiger charge is 2.29. The SMILES string of the molecule is OC=C(O)C1OCCC1O. The molecule has 58 valence electrons. The number of ether oxygens (including phenoxy) is 1. The summed E-state index contributed by atoms with van der Waals surface area (Å²) in [7, 11) is 0. The summed E-state index contributed by atoms with van der Waals surface area (Å²) < 4.78 is 4.89. The summed E-state index contributed by atoms with van der Waals surface area (Å²) in [5, 5.41) is 26.2. The molecule has 3 N–H and O–H groups in total. The third-order valence-corrected chi connectivity index (χ3v) is 1.48. The van der Waals surface area contributed by atoms with Gasteiger partial charge in [-0.2, -0.15) is 0 Å². The molecule has 4 heteroatoms. The first-order chi connectivity index (χ1) is 4.75. The summed E-state index contributed by atoms with van der Waals surface area (Å²) in [6.07, 6.45) is -0.379. The monoisotopic (exact) mass is 146 g/mol. The van der Waals surface area contributed by atoms with Crippen molar-refractivity contribution in [2.24, 2.45) is 0 Å². The summed E-state index contributed by atoms with van der Waals surface area (Å²) in [4.78, 5) is 0. The summed E-state index contributed by atoms with van der Waals surface area (Å²) in [5.74, 6) is -0.315. The first kappa shape index (κ1) is 7.37. The molecule has 1 rings (SSSR count). The molecular weight excluding hydrogens is 136 g/mol. The molecule has 0 radical (unpaired) electrons. The third kappa shape index (κ3) is 1.22. The highest BCUT2D eigenvalue weighted by atomic mass is 16.5. The molecule has 0 saturated carbocycles. The van der Waals surface area contributed by atoms with Crippen molar-refractivity contribution < 1.29 is 20.1 Å². The molecular formula is C6H10O4. The maximum absolute atomic E-state index is 9.05. The van der Waals surface area contributed by atoms with Crippen LogP contribution in [0.2, 0.25) is 0 Å². The number of rotatable bonds is 1. The van der Waals surface area contributed by atoms with E-state index < -0.39 is 12.2 Å². The largest absolute Gasteiger partial charge is 0.512 e. The van der Waals surface area contributed by atoms with Crippen LogP contribution >= 0.6 is 0 Å². The van der Waals surface area contributed by atoms with Crippen LogP contribution in [0, 0.1) is 0 Å². The van der Waals surface area contributed by atoms with Crippen LogP contribution in [-0.2, 0) is 4.74 Å². The van der Waals surface area contributed by atoms with Crippen molar-refractivity contribution in [3.63, 3.8) is 0 Å². The predicted octanol–water partition coefficient (Wildman–Crippen LogP) is 0.0936. The van der Waals surface area contributed by atoms with Crippen molar-refractivity contribution in [1.29, 1.82) is 0 Å². The van der Waals surface area contributed by atoms with Gasteiger partial charge in [0.15, 0.2) is 5.76 Å². The zero-order valence-electron chi connectivity index (χ0n) is 5.40. The van der Waals surface area contributed by atoms with Gasteiger partial charge in [0.1, 0.15) is 12.4 Å². The molecule has 0 aromatic rings. The number of hydrogen-bond acceptors (Lipinski definition) is 4. The van der Waals surface area contributed by atoms with E-state index in [1.54, 1.807) is 0 Å². The number of aliphatic hydroxyl groups excluding tert-OH is 3. The number of hydrogen-bond donors (Lipinski definition) is 3. The second kappa shape index (κ2) is 2.90. The van der Waals surface area contributed by atoms with Crippen LogP contribution in [0.1, 0.15) is 6.42 Å². The molecule has 0 aromatic carbocycles. The van der Waals surface area contributed by atoms with E-state index in [0.717, 1.165) is 0 Å². The predicted molar refractivity (Wildman–Crippen MR) is 33.7 cm³/mol. The summed E-state index contributed by atoms with van der Waals surface area (Å²) in [5.41, 5.74) is 0. The Balaban J connectivity index is 2.55. The van der Waals surface area contributed by atoms with Crippen molar-refractivity contribution in [1.82, 2.24) is 0 Å². The average Bonchev–Trinajstić information content (AvgIpc) is 2.34. The molecule has 1 aliphatic rings. The molecule has 2 unspecified atom stereocenters. The highest BCUT2D eigenvalue weighted by Crippen LogP contribution is 2.18. The van der Waals surface area contributed by atoms with E-state index in [9.17, 15) is 0 Å². The smallest absolute Gasteiger partial charge is 0.158 e. The van der Waals surface area contributed by atoms with Gasteiger partial charge in [-0.1, -0.05) is 0 Å². The fourth-order valence-electron chi connectivity index (χ4n) is 0.934. The van der Waals surface area contributed by atoms with Crippen LogP contribution < -0.4 is 0 Å². The Hall–Kier alpha value is -0.740. The molecule has 10 heavy (non-hydrogen) atoms. The van der Waals surface area contributed by atoms with Gasteiger partial charge in [-0.3, -0.25) is 0 Å². The first-order valence-electron chi connectivity index (χ1n) is 3.08. The Morgan fingerprint density at radius 3 is 2.70 bits per heavy atom. The minimum Gasteiger partial charge on any atom is -0.512 e. The normalized spacial score (nSPS) is 34.7. The molecule has 0 amide bonds. The van der Waals surface area contributed by atoms with E-state index in [4.69, 9.17) is 20.1 Å². The molecule has 0 spiro atoms. The lowest BCUT2D eigenvalue weighted by Crippen LogP contribution is -2.22. The van der Waals surface area contributed by atoms with E-state index in [-0.39, 0.29) is 5.76 Å². The zero-order valence-corrected chi connectivity index (χ0v) is 5.40. The minimum atomic E-state index is -0.731. The zero-order chi connectivity index (χ0) is 7.56. The van der Waals surface area contributed by atoms with E-state index in [1.165, 1.54) is 0 Å². The lowest BCUT2D eigenvalue weighted by Gasteiger charge is -2.10. The van der Waals surface area contributed by atoms with Crippen LogP contribution in [0.15, 0.2) is 12.0 Å². The average molecular weight is 146 g/mol. The van der Waals surface area contributed by atoms with Crippen LogP contribution in [0.3, 0.4) is 0 Å². The second-order valence-electron chi connectivity index (χ2n) is 2.20. The molecule has 1 fully saturated rings. The van der Waals surface area contributed by atoms with E-state index in [1.807, 2.05) is 0 Å². The van der Waals surface area contributed by atoms with Gasteiger partial charge in [0.05, 0.1) is 12.7 Å². The topological polar surface area (TPSA) is 69.9 Å². The second-order valence-corrected chi connectivity index (χ2v) is 2.20. The van der Waals surface area contributed by atoms with Crippen molar-refractivity contribution in [3.05, 3.63) is 12.0 Å². The summed E-state index contributed by atoms with van der Waals surface area (Å²) >= 11 is 0. The van der Waals surface area contributed by atoms with Gasteiger partial charge in [0, 0.05) is 0 Å².